The molecule has 0 saturated carbocycles. The molecule has 32 heavy (non-hydrogen) atoms. The van der Waals surface area contributed by atoms with Gasteiger partial charge in [-0.1, -0.05) is 63.7 Å². The van der Waals surface area contributed by atoms with Gasteiger partial charge in [-0.25, -0.2) is 4.68 Å². The fraction of sp³-hybridized carbons (Fsp3) is 0.375. The predicted molar refractivity (Wildman–Crippen MR) is 130 cm³/mol. The lowest BCUT2D eigenvalue weighted by Crippen LogP contribution is -2.18. The molecule has 0 unspecified atom stereocenters. The highest BCUT2D eigenvalue weighted by molar-refractivity contribution is 7.99. The third kappa shape index (κ3) is 6.03. The second kappa shape index (κ2) is 10.5. The highest BCUT2D eigenvalue weighted by Crippen LogP contribution is 2.28. The maximum atomic E-state index is 12.4. The highest BCUT2D eigenvalue weighted by atomic mass is 32.2. The van der Waals surface area contributed by atoms with Gasteiger partial charge in [0.1, 0.15) is 12.4 Å². The van der Waals surface area contributed by atoms with Crippen LogP contribution in [0.15, 0.2) is 47.6 Å². The van der Waals surface area contributed by atoms with Crippen molar-refractivity contribution < 1.29 is 9.53 Å². The van der Waals surface area contributed by atoms with Gasteiger partial charge >= 0.3 is 0 Å². The average molecular weight is 454 g/mol. The summed E-state index contributed by atoms with van der Waals surface area (Å²) in [5.41, 5.74) is 4.21. The summed E-state index contributed by atoms with van der Waals surface area (Å²) < 4.78 is 7.38. The molecule has 0 aliphatic rings. The molecule has 3 N–H and O–H groups in total. The van der Waals surface area contributed by atoms with Crippen molar-refractivity contribution in [2.45, 2.75) is 58.2 Å². The number of anilines is 1. The summed E-state index contributed by atoms with van der Waals surface area (Å²) in [4.78, 5) is 12.4. The summed E-state index contributed by atoms with van der Waals surface area (Å²) in [6.07, 6.45) is 0. The molecule has 3 aromatic rings. The van der Waals surface area contributed by atoms with Crippen molar-refractivity contribution in [2.75, 3.05) is 16.9 Å². The van der Waals surface area contributed by atoms with Crippen molar-refractivity contribution in [2.24, 2.45) is 0 Å². The Hall–Kier alpha value is -3.00. The molecule has 2 aromatic carbocycles. The van der Waals surface area contributed by atoms with Gasteiger partial charge in [0.15, 0.2) is 5.82 Å². The number of rotatable bonds is 9. The summed E-state index contributed by atoms with van der Waals surface area (Å²) in [7, 11) is 0. The smallest absolute Gasteiger partial charge is 0.234 e. The molecule has 1 aromatic heterocycles. The Morgan fingerprint density at radius 3 is 2.62 bits per heavy atom. The summed E-state index contributed by atoms with van der Waals surface area (Å²) in [6.45, 7) is 10.7. The van der Waals surface area contributed by atoms with Crippen LogP contribution in [0.2, 0.25) is 0 Å². The van der Waals surface area contributed by atoms with Crippen LogP contribution in [-0.4, -0.2) is 26.5 Å². The van der Waals surface area contributed by atoms with E-state index in [2.05, 4.69) is 61.4 Å². The van der Waals surface area contributed by atoms with Crippen molar-refractivity contribution in [1.29, 1.82) is 0 Å². The number of nitrogens with two attached hydrogens (primary N) is 1. The molecule has 0 aliphatic heterocycles. The summed E-state index contributed by atoms with van der Waals surface area (Å²) in [5.74, 6) is 8.25. The van der Waals surface area contributed by atoms with Gasteiger partial charge in [-0.05, 0) is 53.6 Å². The van der Waals surface area contributed by atoms with Gasteiger partial charge in [-0.3, -0.25) is 4.79 Å². The van der Waals surface area contributed by atoms with E-state index in [0.717, 1.165) is 22.6 Å². The van der Waals surface area contributed by atoms with Crippen molar-refractivity contribution in [3.63, 3.8) is 0 Å². The standard InChI is InChI=1S/C24H31N5O2S/c1-15(2)18-7-6-8-19(12-18)26-23(30)14-32-24-28-27-22(29(24)25)13-31-21-11-17(5)9-10-20(21)16(3)4/h6-12,15-16H,13-14,25H2,1-5H3,(H,26,30). The van der Waals surface area contributed by atoms with Crippen molar-refractivity contribution in [3.8, 4) is 5.75 Å². The maximum Gasteiger partial charge on any atom is 0.234 e. The lowest BCUT2D eigenvalue weighted by atomic mass is 10.0. The molecule has 1 heterocycles. The Bertz CT molecular complexity index is 1080. The van der Waals surface area contributed by atoms with Crippen LogP contribution in [0.5, 0.6) is 5.75 Å². The van der Waals surface area contributed by atoms with Crippen LogP contribution in [0.1, 0.15) is 62.0 Å². The first-order valence-electron chi connectivity index (χ1n) is 10.7. The number of aromatic nitrogens is 3. The van der Waals surface area contributed by atoms with Crippen LogP contribution < -0.4 is 15.9 Å². The zero-order chi connectivity index (χ0) is 23.3. The minimum atomic E-state index is -0.127. The van der Waals surface area contributed by atoms with Crippen LogP contribution in [0.25, 0.3) is 0 Å². The molecule has 0 bridgehead atoms. The second-order valence-electron chi connectivity index (χ2n) is 8.37. The molecule has 0 atom stereocenters. The third-order valence-corrected chi connectivity index (χ3v) is 6.00. The molecule has 0 fully saturated rings. The molecule has 0 spiro atoms. The molecular formula is C24H31N5O2S. The highest BCUT2D eigenvalue weighted by Gasteiger charge is 2.15. The molecule has 0 saturated heterocycles. The van der Waals surface area contributed by atoms with Crippen LogP contribution in [-0.2, 0) is 11.4 Å². The van der Waals surface area contributed by atoms with E-state index in [1.54, 1.807) is 0 Å². The zero-order valence-electron chi connectivity index (χ0n) is 19.3. The van der Waals surface area contributed by atoms with Crippen LogP contribution in [0, 0.1) is 6.92 Å². The number of aryl methyl sites for hydroxylation is 1. The molecule has 1 amide bonds. The number of benzene rings is 2. The Kier molecular flexibility index (Phi) is 7.80. The molecule has 170 valence electrons. The quantitative estimate of drug-likeness (QED) is 0.355. The Morgan fingerprint density at radius 2 is 1.91 bits per heavy atom. The summed E-state index contributed by atoms with van der Waals surface area (Å²) >= 11 is 1.23. The normalized spacial score (nSPS) is 11.2. The second-order valence-corrected chi connectivity index (χ2v) is 9.31. The molecule has 7 nitrogen and oxygen atoms in total. The van der Waals surface area contributed by atoms with E-state index in [4.69, 9.17) is 10.6 Å². The average Bonchev–Trinajstić information content (AvgIpc) is 3.10. The lowest BCUT2D eigenvalue weighted by Gasteiger charge is -2.14. The molecule has 0 radical (unpaired) electrons. The number of hydrogen-bond donors (Lipinski definition) is 2. The van der Waals surface area contributed by atoms with Crippen molar-refractivity contribution >= 4 is 23.4 Å². The van der Waals surface area contributed by atoms with E-state index < -0.39 is 0 Å². The lowest BCUT2D eigenvalue weighted by molar-refractivity contribution is -0.113. The number of amides is 1. The zero-order valence-corrected chi connectivity index (χ0v) is 20.1. The number of thioether (sulfide) groups is 1. The number of nitrogens with one attached hydrogen (secondary N) is 1. The van der Waals surface area contributed by atoms with Gasteiger partial charge in [-0.15, -0.1) is 10.2 Å². The van der Waals surface area contributed by atoms with E-state index in [0.29, 0.717) is 22.8 Å². The SMILES string of the molecule is Cc1ccc(C(C)C)c(OCc2nnc(SCC(=O)Nc3cccc(C(C)C)c3)n2N)c1. The fourth-order valence-corrected chi connectivity index (χ4v) is 3.87. The van der Waals surface area contributed by atoms with Crippen LogP contribution in [0.3, 0.4) is 0 Å². The number of nitrogens with zero attached hydrogens (tertiary/aromatic N) is 3. The number of ether oxygens (including phenoxy) is 1. The maximum absolute atomic E-state index is 12.4. The summed E-state index contributed by atoms with van der Waals surface area (Å²) in [5, 5.41) is 11.6. The molecule has 3 rings (SSSR count). The fourth-order valence-electron chi connectivity index (χ4n) is 3.19. The van der Waals surface area contributed by atoms with Gasteiger partial charge in [0.2, 0.25) is 11.1 Å². The largest absolute Gasteiger partial charge is 0.485 e. The minimum absolute atomic E-state index is 0.127. The number of nitrogen functional groups attached to an aromatic ring is 1. The molecular weight excluding hydrogens is 422 g/mol. The first kappa shape index (κ1) is 23.7. The molecule has 0 aliphatic carbocycles. The minimum Gasteiger partial charge on any atom is -0.485 e. The van der Waals surface area contributed by atoms with Crippen molar-refractivity contribution in [1.82, 2.24) is 14.9 Å². The first-order chi connectivity index (χ1) is 15.2. The number of carbonyl (C=O) groups excluding carboxylic acids is 1. The van der Waals surface area contributed by atoms with E-state index >= 15 is 0 Å². The van der Waals surface area contributed by atoms with Gasteiger partial charge in [0, 0.05) is 5.69 Å². The predicted octanol–water partition coefficient (Wildman–Crippen LogP) is 4.86. The van der Waals surface area contributed by atoms with E-state index in [-0.39, 0.29) is 18.3 Å². The summed E-state index contributed by atoms with van der Waals surface area (Å²) in [6, 6.07) is 14.0. The van der Waals surface area contributed by atoms with Gasteiger partial charge in [0.25, 0.3) is 0 Å². The number of hydrogen-bond acceptors (Lipinski definition) is 6. The Labute approximate surface area is 193 Å². The van der Waals surface area contributed by atoms with Gasteiger partial charge in [-0.2, -0.15) is 0 Å². The first-order valence-corrected chi connectivity index (χ1v) is 11.7. The topological polar surface area (TPSA) is 95.1 Å². The van der Waals surface area contributed by atoms with E-state index in [1.165, 1.54) is 22.0 Å². The third-order valence-electron chi connectivity index (χ3n) is 5.05. The molecule has 8 heteroatoms. The van der Waals surface area contributed by atoms with Crippen molar-refractivity contribution in [3.05, 3.63) is 65.0 Å². The van der Waals surface area contributed by atoms with Crippen LogP contribution >= 0.6 is 11.8 Å². The van der Waals surface area contributed by atoms with E-state index in [1.807, 2.05) is 31.2 Å². The van der Waals surface area contributed by atoms with Gasteiger partial charge < -0.3 is 15.9 Å². The Morgan fingerprint density at radius 1 is 1.12 bits per heavy atom. The Balaban J connectivity index is 1.58. The van der Waals surface area contributed by atoms with Gasteiger partial charge in [0.05, 0.1) is 5.75 Å². The van der Waals surface area contributed by atoms with E-state index in [9.17, 15) is 4.79 Å². The monoisotopic (exact) mass is 453 g/mol. The number of carbonyl (C=O) groups is 1. The van der Waals surface area contributed by atoms with Crippen LogP contribution in [0.4, 0.5) is 5.69 Å².